The molecule has 3 N–H and O–H groups in total. The molecule has 2 aliphatic heterocycles. The summed E-state index contributed by atoms with van der Waals surface area (Å²) in [4.78, 5) is 16.9. The number of hydrogen-bond acceptors (Lipinski definition) is 5. The van der Waals surface area contributed by atoms with Crippen LogP contribution >= 0.6 is 11.6 Å². The van der Waals surface area contributed by atoms with Gasteiger partial charge in [-0.2, -0.15) is 5.10 Å². The Morgan fingerprint density at radius 1 is 1.12 bits per heavy atom. The summed E-state index contributed by atoms with van der Waals surface area (Å²) < 4.78 is 7.28. The molecular formula is C23H31ClN6O2. The number of hydrogen-bond donors (Lipinski definition) is 3. The molecule has 2 fully saturated rings. The molecule has 9 heteroatoms. The van der Waals surface area contributed by atoms with Crippen LogP contribution in [-0.2, 0) is 17.7 Å². The molecule has 2 amide bonds. The summed E-state index contributed by atoms with van der Waals surface area (Å²) in [6.45, 7) is 7.00. The van der Waals surface area contributed by atoms with Crippen LogP contribution in [0.1, 0.15) is 45.2 Å². The molecule has 4 heterocycles. The Morgan fingerprint density at radius 3 is 2.59 bits per heavy atom. The third-order valence-electron chi connectivity index (χ3n) is 6.73. The first-order chi connectivity index (χ1) is 15.4. The number of halogens is 1. The Balaban J connectivity index is 1.19. The van der Waals surface area contributed by atoms with Crippen LogP contribution in [0.2, 0.25) is 5.02 Å². The average Bonchev–Trinajstić information content (AvgIpc) is 3.22. The van der Waals surface area contributed by atoms with Crippen LogP contribution in [-0.4, -0.2) is 52.1 Å². The van der Waals surface area contributed by atoms with Gasteiger partial charge in [-0.05, 0) is 43.6 Å². The van der Waals surface area contributed by atoms with Crippen LogP contribution in [0.3, 0.4) is 0 Å². The lowest BCUT2D eigenvalue weighted by Gasteiger charge is -2.35. The molecule has 2 aromatic heterocycles. The number of carbonyl (C=O) groups is 1. The third-order valence-corrected chi connectivity index (χ3v) is 7.03. The number of nitrogens with one attached hydrogen (secondary N) is 3. The molecule has 1 saturated carbocycles. The number of carbonyl (C=O) groups excluding carboxylic acids is 1. The van der Waals surface area contributed by atoms with Gasteiger partial charge < -0.3 is 15.4 Å². The number of amides is 2. The topological polar surface area (TPSA) is 93.1 Å². The quantitative estimate of drug-likeness (QED) is 0.636. The fraction of sp³-hybridized carbons (Fsp3) is 0.609. The minimum Gasteiger partial charge on any atom is -0.378 e. The first-order valence-corrected chi connectivity index (χ1v) is 11.9. The Labute approximate surface area is 193 Å². The SMILES string of the molecule is CC1(C)Cc2c(-c3cc(NC(=O)NC4CCC(NC5COC5)CC4)ncc3Cl)cnn2C1. The number of aromatic nitrogens is 3. The van der Waals surface area contributed by atoms with Crippen molar-refractivity contribution in [2.24, 2.45) is 5.41 Å². The second kappa shape index (κ2) is 8.65. The van der Waals surface area contributed by atoms with Crippen molar-refractivity contribution < 1.29 is 9.53 Å². The highest BCUT2D eigenvalue weighted by Gasteiger charge is 2.32. The van der Waals surface area contributed by atoms with Gasteiger partial charge >= 0.3 is 6.03 Å². The molecule has 3 aliphatic rings. The van der Waals surface area contributed by atoms with E-state index in [1.54, 1.807) is 6.20 Å². The van der Waals surface area contributed by atoms with Gasteiger partial charge in [-0.15, -0.1) is 0 Å². The van der Waals surface area contributed by atoms with E-state index >= 15 is 0 Å². The van der Waals surface area contributed by atoms with Crippen LogP contribution < -0.4 is 16.0 Å². The van der Waals surface area contributed by atoms with Crippen LogP contribution in [0.4, 0.5) is 10.6 Å². The summed E-state index contributed by atoms with van der Waals surface area (Å²) >= 11 is 6.48. The van der Waals surface area contributed by atoms with Crippen molar-refractivity contribution in [1.82, 2.24) is 25.4 Å². The lowest BCUT2D eigenvalue weighted by molar-refractivity contribution is -0.0122. The van der Waals surface area contributed by atoms with E-state index in [-0.39, 0.29) is 17.5 Å². The van der Waals surface area contributed by atoms with Crippen LogP contribution in [0.25, 0.3) is 11.1 Å². The standard InChI is InChI=1S/C23H31ClN6O2/c1-23(2)8-20-18(9-26-30(20)13-23)17-7-21(25-10-19(17)24)29-22(31)28-15-5-3-14(4-6-15)27-16-11-32-12-16/h7,9-10,14-16,27H,3-6,8,11-13H2,1-2H3,(H2,25,28,29,31). The zero-order valence-corrected chi connectivity index (χ0v) is 19.4. The van der Waals surface area contributed by atoms with Crippen LogP contribution in [0, 0.1) is 5.41 Å². The maximum absolute atomic E-state index is 12.6. The second-order valence-electron chi connectivity index (χ2n) is 10.1. The second-order valence-corrected chi connectivity index (χ2v) is 10.5. The number of rotatable bonds is 5. The average molecular weight is 459 g/mol. The molecule has 0 aromatic carbocycles. The summed E-state index contributed by atoms with van der Waals surface area (Å²) in [5, 5.41) is 14.7. The fourth-order valence-electron chi connectivity index (χ4n) is 4.99. The van der Waals surface area contributed by atoms with Gasteiger partial charge in [0.05, 0.1) is 30.5 Å². The smallest absolute Gasteiger partial charge is 0.320 e. The van der Waals surface area contributed by atoms with Crippen molar-refractivity contribution in [3.05, 3.63) is 29.2 Å². The zero-order valence-electron chi connectivity index (χ0n) is 18.7. The first kappa shape index (κ1) is 21.7. The lowest BCUT2D eigenvalue weighted by Crippen LogP contribution is -2.52. The molecular weight excluding hydrogens is 428 g/mol. The van der Waals surface area contributed by atoms with E-state index in [4.69, 9.17) is 16.3 Å². The zero-order chi connectivity index (χ0) is 22.3. The monoisotopic (exact) mass is 458 g/mol. The summed E-state index contributed by atoms with van der Waals surface area (Å²) in [7, 11) is 0. The predicted octanol–water partition coefficient (Wildman–Crippen LogP) is 3.60. The minimum atomic E-state index is -0.226. The molecule has 0 spiro atoms. The fourth-order valence-corrected chi connectivity index (χ4v) is 5.20. The lowest BCUT2D eigenvalue weighted by atomic mass is 9.89. The van der Waals surface area contributed by atoms with Crippen molar-refractivity contribution in [2.45, 2.75) is 70.6 Å². The van der Waals surface area contributed by atoms with Gasteiger partial charge in [0.1, 0.15) is 5.82 Å². The van der Waals surface area contributed by atoms with Gasteiger partial charge in [0.15, 0.2) is 0 Å². The number of anilines is 1. The normalized spacial score (nSPS) is 24.6. The molecule has 1 aliphatic carbocycles. The molecule has 1 saturated heterocycles. The molecule has 32 heavy (non-hydrogen) atoms. The number of ether oxygens (including phenoxy) is 1. The van der Waals surface area contributed by atoms with Crippen molar-refractivity contribution in [3.8, 4) is 11.1 Å². The highest BCUT2D eigenvalue weighted by molar-refractivity contribution is 6.33. The largest absolute Gasteiger partial charge is 0.378 e. The van der Waals surface area contributed by atoms with E-state index in [2.05, 4.69) is 44.6 Å². The number of pyridine rings is 1. The van der Waals surface area contributed by atoms with E-state index < -0.39 is 0 Å². The highest BCUT2D eigenvalue weighted by atomic mass is 35.5. The summed E-state index contributed by atoms with van der Waals surface area (Å²) in [5.41, 5.74) is 3.22. The molecule has 172 valence electrons. The first-order valence-electron chi connectivity index (χ1n) is 11.5. The Morgan fingerprint density at radius 2 is 1.88 bits per heavy atom. The summed E-state index contributed by atoms with van der Waals surface area (Å²) in [6.07, 6.45) is 8.46. The summed E-state index contributed by atoms with van der Waals surface area (Å²) in [5.74, 6) is 0.486. The van der Waals surface area contributed by atoms with Crippen molar-refractivity contribution in [1.29, 1.82) is 0 Å². The van der Waals surface area contributed by atoms with Gasteiger partial charge in [-0.3, -0.25) is 10.00 Å². The van der Waals surface area contributed by atoms with Gasteiger partial charge in [0, 0.05) is 41.6 Å². The number of nitrogens with zero attached hydrogens (tertiary/aromatic N) is 3. The van der Waals surface area contributed by atoms with Crippen molar-refractivity contribution in [2.75, 3.05) is 18.5 Å². The van der Waals surface area contributed by atoms with E-state index in [0.29, 0.717) is 22.9 Å². The Kier molecular flexibility index (Phi) is 5.86. The maximum Gasteiger partial charge on any atom is 0.320 e. The van der Waals surface area contributed by atoms with E-state index in [1.165, 1.54) is 5.69 Å². The number of urea groups is 1. The number of fused-ring (bicyclic) bond motifs is 1. The van der Waals surface area contributed by atoms with Gasteiger partial charge in [-0.25, -0.2) is 9.78 Å². The third kappa shape index (κ3) is 4.63. The van der Waals surface area contributed by atoms with Gasteiger partial charge in [-0.1, -0.05) is 25.4 Å². The molecule has 0 bridgehead atoms. The molecule has 0 unspecified atom stereocenters. The van der Waals surface area contributed by atoms with Gasteiger partial charge in [0.25, 0.3) is 0 Å². The minimum absolute atomic E-state index is 0.179. The molecule has 8 nitrogen and oxygen atoms in total. The Bertz CT molecular complexity index is 994. The molecule has 0 atom stereocenters. The van der Waals surface area contributed by atoms with Crippen LogP contribution in [0.5, 0.6) is 0 Å². The predicted molar refractivity (Wildman–Crippen MR) is 124 cm³/mol. The maximum atomic E-state index is 12.6. The van der Waals surface area contributed by atoms with Crippen molar-refractivity contribution in [3.63, 3.8) is 0 Å². The van der Waals surface area contributed by atoms with E-state index in [0.717, 1.165) is 63.0 Å². The van der Waals surface area contributed by atoms with Crippen molar-refractivity contribution >= 4 is 23.4 Å². The highest BCUT2D eigenvalue weighted by Crippen LogP contribution is 2.39. The Hall–Kier alpha value is -2.16. The van der Waals surface area contributed by atoms with Crippen LogP contribution in [0.15, 0.2) is 18.5 Å². The van der Waals surface area contributed by atoms with E-state index in [1.807, 2.05) is 12.3 Å². The van der Waals surface area contributed by atoms with E-state index in [9.17, 15) is 4.79 Å². The van der Waals surface area contributed by atoms with Gasteiger partial charge in [0.2, 0.25) is 0 Å². The summed E-state index contributed by atoms with van der Waals surface area (Å²) in [6, 6.07) is 2.82. The molecule has 2 aromatic rings. The molecule has 5 rings (SSSR count). The molecule has 0 radical (unpaired) electrons.